The molecule has 2 aliphatic carbocycles. The van der Waals surface area contributed by atoms with Gasteiger partial charge >= 0.3 is 0 Å². The zero-order valence-electron chi connectivity index (χ0n) is 17.1. The summed E-state index contributed by atoms with van der Waals surface area (Å²) in [5, 5.41) is 0. The highest BCUT2D eigenvalue weighted by Crippen LogP contribution is 2.36. The number of hydrogen-bond donors (Lipinski definition) is 4. The molecule has 0 fully saturated rings. The number of hydrogen-bond acceptors (Lipinski definition) is 7. The average Bonchev–Trinajstić information content (AvgIpc) is 3.35. The molecule has 2 aromatic rings. The molecular formula is C21H30N6OS. The average molecular weight is 415 g/mol. The molecule has 0 bridgehead atoms. The number of hydrazine groups is 2. The Morgan fingerprint density at radius 3 is 2.21 bits per heavy atom. The third-order valence-electron chi connectivity index (χ3n) is 5.08. The lowest BCUT2D eigenvalue weighted by molar-refractivity contribution is -0.106. The fourth-order valence-electron chi connectivity index (χ4n) is 3.94. The van der Waals surface area contributed by atoms with Gasteiger partial charge < -0.3 is 16.1 Å². The quantitative estimate of drug-likeness (QED) is 0.239. The van der Waals surface area contributed by atoms with E-state index in [1.807, 2.05) is 0 Å². The highest BCUT2D eigenvalue weighted by molar-refractivity contribution is 7.97. The molecule has 1 aromatic carbocycles. The third-order valence-corrected chi connectivity index (χ3v) is 5.79. The maximum atomic E-state index is 8.58. The van der Waals surface area contributed by atoms with Crippen LogP contribution in [0.25, 0.3) is 0 Å². The van der Waals surface area contributed by atoms with Crippen molar-refractivity contribution < 1.29 is 4.79 Å². The van der Waals surface area contributed by atoms with Crippen LogP contribution in [0.1, 0.15) is 40.9 Å². The van der Waals surface area contributed by atoms with Crippen LogP contribution >= 0.6 is 11.9 Å². The summed E-state index contributed by atoms with van der Waals surface area (Å²) in [6.45, 7) is 0.969. The summed E-state index contributed by atoms with van der Waals surface area (Å²) < 4.78 is 0. The summed E-state index contributed by atoms with van der Waals surface area (Å²) in [6.07, 6.45) is 7.22. The molecular weight excluding hydrogens is 384 g/mol. The number of aromatic nitrogens is 1. The van der Waals surface area contributed by atoms with E-state index in [0.717, 1.165) is 32.2 Å². The molecule has 0 unspecified atom stereocenters. The molecule has 1 amide bonds. The number of nitrogens with one attached hydrogen (secondary N) is 3. The molecule has 0 aliphatic heterocycles. The van der Waals surface area contributed by atoms with Gasteiger partial charge in [0, 0.05) is 22.8 Å². The zero-order chi connectivity index (χ0) is 20.6. The van der Waals surface area contributed by atoms with Gasteiger partial charge in [-0.3, -0.25) is 9.78 Å². The van der Waals surface area contributed by atoms with E-state index in [9.17, 15) is 0 Å². The van der Waals surface area contributed by atoms with Gasteiger partial charge in [0.25, 0.3) is 0 Å². The molecule has 0 saturated heterocycles. The smallest absolute Gasteiger partial charge is 0.204 e. The van der Waals surface area contributed by atoms with Gasteiger partial charge in [-0.05, 0) is 93.4 Å². The highest BCUT2D eigenvalue weighted by Gasteiger charge is 2.25. The molecule has 8 heteroatoms. The molecule has 4 rings (SSSR count). The molecule has 1 aromatic heterocycles. The summed E-state index contributed by atoms with van der Waals surface area (Å²) >= 11 is 1.58. The van der Waals surface area contributed by atoms with E-state index in [-0.39, 0.29) is 6.41 Å². The normalized spacial score (nSPS) is 14.2. The Balaban J connectivity index is 0.000000755. The number of benzene rings is 1. The van der Waals surface area contributed by atoms with E-state index in [2.05, 4.69) is 64.8 Å². The number of fused-ring (bicyclic) bond motifs is 2. The second kappa shape index (κ2) is 10.6. The van der Waals surface area contributed by atoms with Crippen molar-refractivity contribution in [3.05, 3.63) is 52.3 Å². The number of rotatable bonds is 7. The molecule has 0 saturated carbocycles. The molecule has 5 N–H and O–H groups in total. The summed E-state index contributed by atoms with van der Waals surface area (Å²) in [4.78, 5) is 20.1. The monoisotopic (exact) mass is 414 g/mol. The predicted octanol–water partition coefficient (Wildman–Crippen LogP) is 2.35. The first kappa shape index (κ1) is 21.6. The molecule has 156 valence electrons. The van der Waals surface area contributed by atoms with Crippen LogP contribution in [0.15, 0.2) is 29.2 Å². The zero-order valence-corrected chi connectivity index (χ0v) is 17.9. The van der Waals surface area contributed by atoms with Crippen LogP contribution in [0, 0.1) is 0 Å². The topological polar surface area (TPSA) is 95.3 Å². The van der Waals surface area contributed by atoms with E-state index in [1.54, 1.807) is 11.9 Å². The maximum absolute atomic E-state index is 8.58. The van der Waals surface area contributed by atoms with Crippen molar-refractivity contribution in [2.75, 3.05) is 19.5 Å². The molecule has 0 radical (unpaired) electrons. The Labute approximate surface area is 176 Å². The second-order valence-corrected chi connectivity index (χ2v) is 8.40. The maximum Gasteiger partial charge on any atom is 0.204 e. The summed E-state index contributed by atoms with van der Waals surface area (Å²) in [5.41, 5.74) is 18.8. The Kier molecular flexibility index (Phi) is 7.88. The van der Waals surface area contributed by atoms with Crippen LogP contribution in [0.5, 0.6) is 0 Å². The fraction of sp³-hybridized carbons (Fsp3) is 0.429. The Morgan fingerprint density at radius 1 is 1.07 bits per heavy atom. The fourth-order valence-corrected chi connectivity index (χ4v) is 4.43. The minimum Gasteiger partial charge on any atom is -0.372 e. The Hall–Kier alpha value is -2.13. The molecule has 0 spiro atoms. The van der Waals surface area contributed by atoms with E-state index >= 15 is 0 Å². The van der Waals surface area contributed by atoms with Crippen LogP contribution in [-0.4, -0.2) is 30.4 Å². The molecule has 29 heavy (non-hydrogen) atoms. The largest absolute Gasteiger partial charge is 0.372 e. The number of pyridine rings is 1. The lowest BCUT2D eigenvalue weighted by atomic mass is 10.1. The number of carbonyl (C=O) groups excluding carboxylic acids is 1. The van der Waals surface area contributed by atoms with Crippen molar-refractivity contribution in [2.24, 2.45) is 5.73 Å². The van der Waals surface area contributed by atoms with Gasteiger partial charge in [-0.25, -0.2) is 0 Å². The first-order valence-electron chi connectivity index (χ1n) is 9.97. The van der Waals surface area contributed by atoms with Gasteiger partial charge in [-0.2, -0.15) is 10.4 Å². The number of nitrogens with two attached hydrogens (primary N) is 1. The number of aryl methyl sites for hydroxylation is 2. The van der Waals surface area contributed by atoms with Crippen LogP contribution in [-0.2, 0) is 37.0 Å². The van der Waals surface area contributed by atoms with Crippen LogP contribution in [0.4, 0.5) is 5.69 Å². The summed E-state index contributed by atoms with van der Waals surface area (Å²) in [7, 11) is 4.18. The van der Waals surface area contributed by atoms with E-state index in [1.165, 1.54) is 51.5 Å². The summed E-state index contributed by atoms with van der Waals surface area (Å²) in [5.74, 6) is 0. The van der Waals surface area contributed by atoms with Crippen LogP contribution < -0.4 is 21.5 Å². The van der Waals surface area contributed by atoms with Crippen molar-refractivity contribution in [1.29, 1.82) is 0 Å². The lowest BCUT2D eigenvalue weighted by Crippen LogP contribution is -2.32. The predicted molar refractivity (Wildman–Crippen MR) is 118 cm³/mol. The number of nitrogens with zero attached hydrogens (tertiary/aromatic N) is 2. The molecule has 7 nitrogen and oxygen atoms in total. The molecule has 2 aliphatic rings. The van der Waals surface area contributed by atoms with Crippen molar-refractivity contribution in [1.82, 2.24) is 20.2 Å². The number of primary amides is 1. The van der Waals surface area contributed by atoms with Crippen LogP contribution in [0.3, 0.4) is 0 Å². The minimum atomic E-state index is 0.250. The standard InChI is InChI=1S/C20H27N5S.CH3NO/c1-25(2)13-14-9-11-15(12-10-14)26-24-23-22-20-16-5-3-7-18(16)21-19-8-4-6-17(19)20;2-1-3/h9-12,23-24H,3-8,13H2,1-2H3,(H,21,22);1H,(H2,2,3). The summed E-state index contributed by atoms with van der Waals surface area (Å²) in [6, 6.07) is 8.67. The van der Waals surface area contributed by atoms with Gasteiger partial charge in [0.15, 0.2) is 0 Å². The van der Waals surface area contributed by atoms with Gasteiger partial charge in [0.1, 0.15) is 0 Å². The van der Waals surface area contributed by atoms with Crippen molar-refractivity contribution >= 4 is 24.0 Å². The highest BCUT2D eigenvalue weighted by atomic mass is 32.2. The Morgan fingerprint density at radius 2 is 1.66 bits per heavy atom. The molecule has 1 heterocycles. The number of carbonyl (C=O) groups is 1. The van der Waals surface area contributed by atoms with Gasteiger partial charge in [-0.15, -0.1) is 0 Å². The van der Waals surface area contributed by atoms with Gasteiger partial charge in [0.05, 0.1) is 5.69 Å². The first-order chi connectivity index (χ1) is 14.1. The van der Waals surface area contributed by atoms with Crippen LogP contribution in [0.2, 0.25) is 0 Å². The van der Waals surface area contributed by atoms with Crippen molar-refractivity contribution in [3.8, 4) is 0 Å². The lowest BCUT2D eigenvalue weighted by Gasteiger charge is -2.17. The minimum absolute atomic E-state index is 0.250. The van der Waals surface area contributed by atoms with E-state index in [4.69, 9.17) is 9.78 Å². The Bertz CT molecular complexity index is 793. The number of anilines is 1. The molecule has 0 atom stereocenters. The van der Waals surface area contributed by atoms with Gasteiger partial charge in [0.2, 0.25) is 6.41 Å². The SMILES string of the molecule is CN(C)Cc1ccc(SNNNc2c3c(nc4c2CCC4)CCC3)cc1.NC=O. The second-order valence-electron chi connectivity index (χ2n) is 7.52. The van der Waals surface area contributed by atoms with E-state index < -0.39 is 0 Å². The van der Waals surface area contributed by atoms with Gasteiger partial charge in [-0.1, -0.05) is 12.1 Å². The van der Waals surface area contributed by atoms with E-state index in [0.29, 0.717) is 0 Å². The third kappa shape index (κ3) is 5.70. The number of amides is 1. The first-order valence-corrected chi connectivity index (χ1v) is 10.8. The van der Waals surface area contributed by atoms with Crippen molar-refractivity contribution in [3.63, 3.8) is 0 Å². The van der Waals surface area contributed by atoms with Crippen molar-refractivity contribution in [2.45, 2.75) is 50.0 Å².